The number of carbonyl (C=O) groups is 2. The summed E-state index contributed by atoms with van der Waals surface area (Å²) >= 11 is 0. The van der Waals surface area contributed by atoms with Crippen LogP contribution in [0.3, 0.4) is 0 Å². The normalized spacial score (nSPS) is 9.71. The quantitative estimate of drug-likeness (QED) is 0.675. The lowest BCUT2D eigenvalue weighted by molar-refractivity contribution is -0.137. The summed E-state index contributed by atoms with van der Waals surface area (Å²) in [6.45, 7) is 0.249. The minimum atomic E-state index is -0.910. The van der Waals surface area contributed by atoms with Gasteiger partial charge in [-0.15, -0.1) is 0 Å². The van der Waals surface area contributed by atoms with Gasteiger partial charge in [0.25, 0.3) is 0 Å². The van der Waals surface area contributed by atoms with E-state index in [1.54, 1.807) is 0 Å². The van der Waals surface area contributed by atoms with Gasteiger partial charge in [-0.05, 0) is 18.6 Å². The van der Waals surface area contributed by atoms with Crippen molar-refractivity contribution in [2.45, 2.75) is 12.8 Å². The van der Waals surface area contributed by atoms with Crippen LogP contribution < -0.4 is 10.6 Å². The number of rotatable bonds is 5. The second kappa shape index (κ2) is 6.41. The Hall–Kier alpha value is -2.18. The molecule has 6 nitrogen and oxygen atoms in total. The lowest BCUT2D eigenvalue weighted by Gasteiger charge is -2.05. The predicted molar refractivity (Wildman–Crippen MR) is 58.1 cm³/mol. The SMILES string of the molecule is O=C(O)CCCNC(=O)Nc1ccc(F)cn1. The Bertz CT molecular complexity index is 394. The first kappa shape index (κ1) is 12.9. The van der Waals surface area contributed by atoms with Gasteiger partial charge in [-0.1, -0.05) is 0 Å². The Morgan fingerprint density at radius 2 is 2.18 bits per heavy atom. The number of aliphatic carboxylic acids is 1. The first-order valence-corrected chi connectivity index (χ1v) is 4.96. The number of nitrogens with zero attached hydrogens (tertiary/aromatic N) is 1. The molecule has 17 heavy (non-hydrogen) atoms. The topological polar surface area (TPSA) is 91.3 Å². The largest absolute Gasteiger partial charge is 0.481 e. The predicted octanol–water partition coefficient (Wildman–Crippen LogP) is 1.21. The van der Waals surface area contributed by atoms with Crippen LogP contribution in [0, 0.1) is 5.82 Å². The van der Waals surface area contributed by atoms with Gasteiger partial charge in [0, 0.05) is 13.0 Å². The molecule has 1 rings (SSSR count). The number of halogens is 1. The number of pyridine rings is 1. The third kappa shape index (κ3) is 5.45. The van der Waals surface area contributed by atoms with Crippen LogP contribution in [0.25, 0.3) is 0 Å². The van der Waals surface area contributed by atoms with E-state index in [-0.39, 0.29) is 18.8 Å². The zero-order valence-electron chi connectivity index (χ0n) is 8.94. The van der Waals surface area contributed by atoms with E-state index >= 15 is 0 Å². The van der Waals surface area contributed by atoms with Gasteiger partial charge in [0.2, 0.25) is 0 Å². The lowest BCUT2D eigenvalue weighted by Crippen LogP contribution is -2.30. The van der Waals surface area contributed by atoms with Crippen LogP contribution in [0.2, 0.25) is 0 Å². The maximum absolute atomic E-state index is 12.5. The molecule has 1 aromatic rings. The number of anilines is 1. The third-order valence-corrected chi connectivity index (χ3v) is 1.82. The molecule has 0 radical (unpaired) electrons. The summed E-state index contributed by atoms with van der Waals surface area (Å²) in [5.41, 5.74) is 0. The molecular formula is C10H12FN3O3. The Morgan fingerprint density at radius 1 is 1.41 bits per heavy atom. The molecule has 92 valence electrons. The molecule has 0 unspecified atom stereocenters. The van der Waals surface area contributed by atoms with Gasteiger partial charge < -0.3 is 10.4 Å². The molecule has 1 heterocycles. The van der Waals surface area contributed by atoms with E-state index in [1.165, 1.54) is 12.1 Å². The van der Waals surface area contributed by atoms with Crippen LogP contribution in [-0.4, -0.2) is 28.6 Å². The van der Waals surface area contributed by atoms with Crippen molar-refractivity contribution in [3.8, 4) is 0 Å². The molecule has 1 aromatic heterocycles. The number of carboxylic acids is 1. The summed E-state index contributed by atoms with van der Waals surface area (Å²) in [7, 11) is 0. The highest BCUT2D eigenvalue weighted by Gasteiger charge is 2.02. The Labute approximate surface area is 96.9 Å². The van der Waals surface area contributed by atoms with Gasteiger partial charge in [0.05, 0.1) is 6.20 Å². The van der Waals surface area contributed by atoms with Crippen molar-refractivity contribution in [2.75, 3.05) is 11.9 Å². The first-order chi connectivity index (χ1) is 8.08. The Balaban J connectivity index is 2.25. The van der Waals surface area contributed by atoms with E-state index in [4.69, 9.17) is 5.11 Å². The second-order valence-corrected chi connectivity index (χ2v) is 3.24. The highest BCUT2D eigenvalue weighted by Crippen LogP contribution is 2.02. The van der Waals surface area contributed by atoms with Gasteiger partial charge in [0.1, 0.15) is 11.6 Å². The van der Waals surface area contributed by atoms with Gasteiger partial charge >= 0.3 is 12.0 Å². The standard InChI is InChI=1S/C10H12FN3O3/c11-7-3-4-8(13-6-7)14-10(17)12-5-1-2-9(15)16/h3-4,6H,1-2,5H2,(H,15,16)(H2,12,13,14,17). The molecule has 2 amide bonds. The smallest absolute Gasteiger partial charge is 0.320 e. The van der Waals surface area contributed by atoms with E-state index in [0.717, 1.165) is 6.20 Å². The second-order valence-electron chi connectivity index (χ2n) is 3.24. The Morgan fingerprint density at radius 3 is 2.76 bits per heavy atom. The van der Waals surface area contributed by atoms with Crippen LogP contribution in [0.4, 0.5) is 15.0 Å². The molecule has 0 bridgehead atoms. The fourth-order valence-electron chi connectivity index (χ4n) is 1.05. The summed E-state index contributed by atoms with van der Waals surface area (Å²) in [4.78, 5) is 25.1. The molecule has 0 fully saturated rings. The average Bonchev–Trinajstić information content (AvgIpc) is 2.27. The van der Waals surface area contributed by atoms with Crippen LogP contribution in [0.1, 0.15) is 12.8 Å². The van der Waals surface area contributed by atoms with E-state index in [0.29, 0.717) is 6.42 Å². The number of carboxylic acid groups (broad SMARTS) is 1. The molecule has 0 saturated heterocycles. The maximum Gasteiger partial charge on any atom is 0.320 e. The molecule has 0 aliphatic rings. The highest BCUT2D eigenvalue weighted by molar-refractivity contribution is 5.88. The summed E-state index contributed by atoms with van der Waals surface area (Å²) in [5.74, 6) is -1.17. The monoisotopic (exact) mass is 241 g/mol. The van der Waals surface area contributed by atoms with E-state index < -0.39 is 17.8 Å². The number of amides is 2. The van der Waals surface area contributed by atoms with E-state index in [1.807, 2.05) is 0 Å². The van der Waals surface area contributed by atoms with Gasteiger partial charge in [-0.2, -0.15) is 0 Å². The molecule has 3 N–H and O–H groups in total. The molecule has 0 aliphatic heterocycles. The summed E-state index contributed by atoms with van der Waals surface area (Å²) in [6.07, 6.45) is 1.33. The summed E-state index contributed by atoms with van der Waals surface area (Å²) < 4.78 is 12.5. The first-order valence-electron chi connectivity index (χ1n) is 4.96. The fraction of sp³-hybridized carbons (Fsp3) is 0.300. The summed E-state index contributed by atoms with van der Waals surface area (Å²) in [5, 5.41) is 13.2. The zero-order valence-corrected chi connectivity index (χ0v) is 8.94. The number of aromatic nitrogens is 1. The van der Waals surface area contributed by atoms with E-state index in [9.17, 15) is 14.0 Å². The zero-order chi connectivity index (χ0) is 12.7. The molecule has 7 heteroatoms. The number of urea groups is 1. The third-order valence-electron chi connectivity index (χ3n) is 1.82. The van der Waals surface area contributed by atoms with E-state index in [2.05, 4.69) is 15.6 Å². The summed E-state index contributed by atoms with van der Waals surface area (Å²) in [6, 6.07) is 1.99. The highest BCUT2D eigenvalue weighted by atomic mass is 19.1. The minimum Gasteiger partial charge on any atom is -0.481 e. The molecule has 0 saturated carbocycles. The van der Waals surface area contributed by atoms with Crippen LogP contribution in [0.15, 0.2) is 18.3 Å². The average molecular weight is 241 g/mol. The minimum absolute atomic E-state index is 0.00488. The van der Waals surface area contributed by atoms with Crippen molar-refractivity contribution in [2.24, 2.45) is 0 Å². The fourth-order valence-corrected chi connectivity index (χ4v) is 1.05. The van der Waals surface area contributed by atoms with Crippen molar-refractivity contribution in [3.63, 3.8) is 0 Å². The molecule has 0 spiro atoms. The van der Waals surface area contributed by atoms with Crippen molar-refractivity contribution in [1.82, 2.24) is 10.3 Å². The van der Waals surface area contributed by atoms with Crippen LogP contribution in [-0.2, 0) is 4.79 Å². The molecule has 0 aromatic carbocycles. The van der Waals surface area contributed by atoms with Crippen molar-refractivity contribution < 1.29 is 19.1 Å². The van der Waals surface area contributed by atoms with Gasteiger partial charge in [-0.25, -0.2) is 14.2 Å². The lowest BCUT2D eigenvalue weighted by atomic mass is 10.3. The number of nitrogens with one attached hydrogen (secondary N) is 2. The maximum atomic E-state index is 12.5. The van der Waals surface area contributed by atoms with Gasteiger partial charge in [0.15, 0.2) is 0 Å². The van der Waals surface area contributed by atoms with Crippen molar-refractivity contribution >= 4 is 17.8 Å². The Kier molecular flexibility index (Phi) is 4.86. The number of hydrogen-bond donors (Lipinski definition) is 3. The van der Waals surface area contributed by atoms with Crippen LogP contribution in [0.5, 0.6) is 0 Å². The molecule has 0 aliphatic carbocycles. The number of carbonyl (C=O) groups excluding carboxylic acids is 1. The van der Waals surface area contributed by atoms with Crippen molar-refractivity contribution in [1.29, 1.82) is 0 Å². The molecular weight excluding hydrogens is 229 g/mol. The van der Waals surface area contributed by atoms with Crippen molar-refractivity contribution in [3.05, 3.63) is 24.1 Å². The van der Waals surface area contributed by atoms with Gasteiger partial charge in [-0.3, -0.25) is 10.1 Å². The molecule has 0 atom stereocenters. The number of hydrogen-bond acceptors (Lipinski definition) is 3. The van der Waals surface area contributed by atoms with Crippen LogP contribution >= 0.6 is 0 Å².